The van der Waals surface area contributed by atoms with Crippen molar-refractivity contribution in [3.63, 3.8) is 0 Å². The maximum absolute atomic E-state index is 13.5. The maximum Gasteiger partial charge on any atom is 0.285 e. The first-order chi connectivity index (χ1) is 10.7. The van der Waals surface area contributed by atoms with Crippen molar-refractivity contribution in [1.29, 1.82) is 0 Å². The van der Waals surface area contributed by atoms with Gasteiger partial charge in [-0.3, -0.25) is 4.57 Å². The van der Waals surface area contributed by atoms with Crippen LogP contribution in [0.1, 0.15) is 60.8 Å². The second-order valence-electron chi connectivity index (χ2n) is 8.28. The first-order valence-corrected chi connectivity index (χ1v) is 10.9. The third-order valence-corrected chi connectivity index (χ3v) is 8.59. The van der Waals surface area contributed by atoms with Crippen LogP contribution < -0.4 is 5.09 Å². The lowest BCUT2D eigenvalue weighted by Crippen LogP contribution is -2.27. The van der Waals surface area contributed by atoms with Crippen LogP contribution in [0.15, 0.2) is 0 Å². The molecule has 5 nitrogen and oxygen atoms in total. The summed E-state index contributed by atoms with van der Waals surface area (Å²) in [7, 11) is -2.56. The van der Waals surface area contributed by atoms with E-state index >= 15 is 0 Å². The van der Waals surface area contributed by atoms with Gasteiger partial charge in [-0.05, 0) is 60.2 Å². The van der Waals surface area contributed by atoms with Gasteiger partial charge in [0.15, 0.2) is 0 Å². The highest BCUT2D eigenvalue weighted by Gasteiger charge is 2.63. The molecular weight excluding hydrogens is 307 g/mol. The molecule has 0 amide bonds. The summed E-state index contributed by atoms with van der Waals surface area (Å²) in [6.45, 7) is 19.4. The zero-order valence-corrected chi connectivity index (χ0v) is 17.0. The van der Waals surface area contributed by atoms with E-state index in [1.807, 2.05) is 0 Å². The second-order valence-corrected chi connectivity index (χ2v) is 10.6. The molecule has 2 fully saturated rings. The van der Waals surface area contributed by atoms with Crippen molar-refractivity contribution in [3.05, 3.63) is 0 Å². The van der Waals surface area contributed by atoms with Crippen LogP contribution in [0.4, 0.5) is 0 Å². The fourth-order valence-electron chi connectivity index (χ4n) is 3.29. The lowest BCUT2D eigenvalue weighted by Gasteiger charge is -2.26. The molecule has 0 aliphatic carbocycles. The van der Waals surface area contributed by atoms with E-state index in [4.69, 9.17) is 0 Å². The largest absolute Gasteiger partial charge is 0.304 e. The third-order valence-electron chi connectivity index (χ3n) is 5.28. The van der Waals surface area contributed by atoms with Gasteiger partial charge in [0.05, 0.1) is 0 Å². The molecule has 23 heavy (non-hydrogen) atoms. The monoisotopic (exact) mass is 344 g/mol. The standard InChI is InChI=1S/C17H37N4OP/c1-7-19(8-2)13-11-9-10-12-18-23(22,20-14-16(20,3)4)21-15-17(21,5)6/h7-15H2,1-6H3,(H,18,22). The smallest absolute Gasteiger partial charge is 0.285 e. The molecule has 0 spiro atoms. The molecule has 0 aromatic carbocycles. The molecule has 2 aliphatic rings. The Balaban J connectivity index is 1.74. The highest BCUT2D eigenvalue weighted by atomic mass is 31.2. The molecule has 2 heterocycles. The van der Waals surface area contributed by atoms with E-state index in [9.17, 15) is 4.57 Å². The molecule has 0 aromatic heterocycles. The Labute approximate surface area is 143 Å². The van der Waals surface area contributed by atoms with E-state index in [2.05, 4.69) is 60.9 Å². The molecule has 2 rings (SSSR count). The van der Waals surface area contributed by atoms with Crippen LogP contribution >= 0.6 is 7.59 Å². The molecular formula is C17H37N4OP. The van der Waals surface area contributed by atoms with Crippen molar-refractivity contribution in [1.82, 2.24) is 19.3 Å². The summed E-state index contributed by atoms with van der Waals surface area (Å²) in [5.41, 5.74) is 0.175. The minimum atomic E-state index is -2.56. The summed E-state index contributed by atoms with van der Waals surface area (Å²) in [6.07, 6.45) is 3.54. The van der Waals surface area contributed by atoms with Gasteiger partial charge in [0, 0.05) is 30.7 Å². The fraction of sp³-hybridized carbons (Fsp3) is 1.00. The summed E-state index contributed by atoms with van der Waals surface area (Å²) >= 11 is 0. The summed E-state index contributed by atoms with van der Waals surface area (Å²) in [5, 5.41) is 3.44. The molecule has 0 radical (unpaired) electrons. The fourth-order valence-corrected chi connectivity index (χ4v) is 6.89. The highest BCUT2D eigenvalue weighted by Crippen LogP contribution is 2.67. The van der Waals surface area contributed by atoms with Crippen molar-refractivity contribution < 1.29 is 4.57 Å². The van der Waals surface area contributed by atoms with Gasteiger partial charge < -0.3 is 4.90 Å². The minimum Gasteiger partial charge on any atom is -0.304 e. The molecule has 2 aliphatic heterocycles. The van der Waals surface area contributed by atoms with Crippen LogP contribution in [0.3, 0.4) is 0 Å². The molecule has 2 atom stereocenters. The maximum atomic E-state index is 13.5. The molecule has 6 heteroatoms. The number of nitrogens with one attached hydrogen (secondary N) is 1. The number of hydrogen-bond donors (Lipinski definition) is 1. The Morgan fingerprint density at radius 1 is 0.957 bits per heavy atom. The van der Waals surface area contributed by atoms with Crippen LogP contribution in [0.2, 0.25) is 0 Å². The number of hydrogen-bond acceptors (Lipinski definition) is 2. The third kappa shape index (κ3) is 4.58. The van der Waals surface area contributed by atoms with Crippen LogP contribution in [-0.4, -0.2) is 64.6 Å². The summed E-state index contributed by atoms with van der Waals surface area (Å²) in [4.78, 5) is 2.47. The molecule has 0 aromatic rings. The molecule has 2 unspecified atom stereocenters. The van der Waals surface area contributed by atoms with Gasteiger partial charge in [-0.25, -0.2) is 14.4 Å². The molecule has 0 saturated carbocycles. The zero-order chi connectivity index (χ0) is 17.3. The van der Waals surface area contributed by atoms with Gasteiger partial charge in [-0.2, -0.15) is 0 Å². The van der Waals surface area contributed by atoms with E-state index in [-0.39, 0.29) is 11.1 Å². The van der Waals surface area contributed by atoms with Crippen molar-refractivity contribution in [3.8, 4) is 0 Å². The Morgan fingerprint density at radius 2 is 1.43 bits per heavy atom. The van der Waals surface area contributed by atoms with Gasteiger partial charge in [0.25, 0.3) is 7.59 Å². The summed E-state index contributed by atoms with van der Waals surface area (Å²) in [5.74, 6) is 0. The Kier molecular flexibility index (Phi) is 6.01. The lowest BCUT2D eigenvalue weighted by atomic mass is 10.2. The average Bonchev–Trinajstić information content (AvgIpc) is 3.33. The van der Waals surface area contributed by atoms with Gasteiger partial charge in [-0.1, -0.05) is 20.3 Å². The molecule has 136 valence electrons. The van der Waals surface area contributed by atoms with Gasteiger partial charge in [-0.15, -0.1) is 0 Å². The van der Waals surface area contributed by atoms with Crippen molar-refractivity contribution in [2.24, 2.45) is 0 Å². The Hall–Kier alpha value is 0.0700. The summed E-state index contributed by atoms with van der Waals surface area (Å²) < 4.78 is 17.9. The Morgan fingerprint density at radius 3 is 1.83 bits per heavy atom. The first kappa shape index (κ1) is 19.4. The number of rotatable bonds is 11. The van der Waals surface area contributed by atoms with Crippen LogP contribution in [0, 0.1) is 0 Å². The van der Waals surface area contributed by atoms with E-state index < -0.39 is 7.59 Å². The molecule has 2 saturated heterocycles. The van der Waals surface area contributed by atoms with Crippen molar-refractivity contribution in [2.45, 2.75) is 71.9 Å². The lowest BCUT2D eigenvalue weighted by molar-refractivity contribution is 0.296. The van der Waals surface area contributed by atoms with E-state index in [1.165, 1.54) is 19.4 Å². The van der Waals surface area contributed by atoms with Crippen molar-refractivity contribution in [2.75, 3.05) is 39.3 Å². The predicted molar refractivity (Wildman–Crippen MR) is 98.8 cm³/mol. The second kappa shape index (κ2) is 7.13. The minimum absolute atomic E-state index is 0.0873. The highest BCUT2D eigenvalue weighted by molar-refractivity contribution is 7.57. The van der Waals surface area contributed by atoms with Crippen LogP contribution in [0.25, 0.3) is 0 Å². The average molecular weight is 344 g/mol. The van der Waals surface area contributed by atoms with Gasteiger partial charge in [0.1, 0.15) is 0 Å². The normalized spacial score (nSPS) is 30.2. The topological polar surface area (TPSA) is 38.4 Å². The van der Waals surface area contributed by atoms with Crippen LogP contribution in [-0.2, 0) is 4.57 Å². The quantitative estimate of drug-likeness (QED) is 0.353. The SMILES string of the molecule is CCN(CC)CCCCCNP(=O)(N1CC1(C)C)N1CC1(C)C. The van der Waals surface area contributed by atoms with Crippen LogP contribution in [0.5, 0.6) is 0 Å². The number of nitrogens with zero attached hydrogens (tertiary/aromatic N) is 3. The Bertz CT molecular complexity index is 422. The van der Waals surface area contributed by atoms with E-state index in [0.29, 0.717) is 0 Å². The predicted octanol–water partition coefficient (Wildman–Crippen LogP) is 3.38. The van der Waals surface area contributed by atoms with Crippen molar-refractivity contribution >= 4 is 7.59 Å². The van der Waals surface area contributed by atoms with Gasteiger partial charge >= 0.3 is 0 Å². The zero-order valence-electron chi connectivity index (χ0n) is 16.1. The number of unbranched alkanes of at least 4 members (excludes halogenated alkanes) is 2. The van der Waals surface area contributed by atoms with E-state index in [1.54, 1.807) is 0 Å². The summed E-state index contributed by atoms with van der Waals surface area (Å²) in [6, 6.07) is 0. The van der Waals surface area contributed by atoms with Gasteiger partial charge in [0.2, 0.25) is 0 Å². The molecule has 1 N–H and O–H groups in total. The first-order valence-electron chi connectivity index (χ1n) is 9.31. The van der Waals surface area contributed by atoms with E-state index in [0.717, 1.165) is 39.1 Å². The molecule has 0 bridgehead atoms.